The number of piperidine rings is 1. The van der Waals surface area contributed by atoms with Gasteiger partial charge in [0.05, 0.1) is 45.2 Å². The molecular formula is C19H27N5O4. The summed E-state index contributed by atoms with van der Waals surface area (Å²) in [5.41, 5.74) is 1.84. The molecule has 9 heteroatoms. The third kappa shape index (κ3) is 4.04. The van der Waals surface area contributed by atoms with E-state index in [1.807, 2.05) is 11.6 Å². The lowest BCUT2D eigenvalue weighted by atomic mass is 10.1. The Morgan fingerprint density at radius 1 is 1.18 bits per heavy atom. The topological polar surface area (TPSA) is 99.5 Å². The summed E-state index contributed by atoms with van der Waals surface area (Å²) in [4.78, 5) is 12.7. The second-order valence-corrected chi connectivity index (χ2v) is 6.64. The fraction of sp³-hybridized carbons (Fsp3) is 0.526. The average molecular weight is 389 g/mol. The summed E-state index contributed by atoms with van der Waals surface area (Å²) in [5, 5.41) is 14.6. The Bertz CT molecular complexity index is 805. The van der Waals surface area contributed by atoms with Crippen molar-refractivity contribution in [2.45, 2.75) is 32.4 Å². The molecule has 0 unspecified atom stereocenters. The Morgan fingerprint density at radius 2 is 1.82 bits per heavy atom. The Hall–Kier alpha value is -2.81. The van der Waals surface area contributed by atoms with E-state index in [1.54, 1.807) is 33.5 Å². The molecule has 1 saturated heterocycles. The van der Waals surface area contributed by atoms with Crippen LogP contribution in [0.2, 0.25) is 0 Å². The van der Waals surface area contributed by atoms with Gasteiger partial charge >= 0.3 is 0 Å². The molecule has 1 fully saturated rings. The number of hydrogen-bond donors (Lipinski definition) is 2. The van der Waals surface area contributed by atoms with E-state index < -0.39 is 0 Å². The minimum atomic E-state index is -0.280. The van der Waals surface area contributed by atoms with Crippen molar-refractivity contribution < 1.29 is 19.0 Å². The van der Waals surface area contributed by atoms with Crippen molar-refractivity contribution in [3.05, 3.63) is 29.1 Å². The van der Waals surface area contributed by atoms with Crippen molar-refractivity contribution >= 4 is 5.91 Å². The SMILES string of the molecule is COc1cc(OC)c(CNC(=O)c2nnn(C3CCNCC3)c2C)c(OC)c1. The van der Waals surface area contributed by atoms with Gasteiger partial charge in [-0.3, -0.25) is 4.79 Å². The Morgan fingerprint density at radius 3 is 2.39 bits per heavy atom. The van der Waals surface area contributed by atoms with Crippen LogP contribution in [0.4, 0.5) is 0 Å². The molecule has 9 nitrogen and oxygen atoms in total. The van der Waals surface area contributed by atoms with Gasteiger partial charge in [0, 0.05) is 12.1 Å². The lowest BCUT2D eigenvalue weighted by Crippen LogP contribution is -2.30. The summed E-state index contributed by atoms with van der Waals surface area (Å²) in [6.07, 6.45) is 1.96. The summed E-state index contributed by atoms with van der Waals surface area (Å²) in [6.45, 7) is 4.01. The smallest absolute Gasteiger partial charge is 0.274 e. The maximum atomic E-state index is 12.7. The van der Waals surface area contributed by atoms with Gasteiger partial charge in [0.25, 0.3) is 5.91 Å². The number of nitrogens with zero attached hydrogens (tertiary/aromatic N) is 3. The van der Waals surface area contributed by atoms with Crippen molar-refractivity contribution in [2.24, 2.45) is 0 Å². The highest BCUT2D eigenvalue weighted by atomic mass is 16.5. The molecule has 0 radical (unpaired) electrons. The van der Waals surface area contributed by atoms with Gasteiger partial charge in [0.15, 0.2) is 5.69 Å². The van der Waals surface area contributed by atoms with Crippen LogP contribution in [0.25, 0.3) is 0 Å². The monoisotopic (exact) mass is 389 g/mol. The van der Waals surface area contributed by atoms with Crippen molar-refractivity contribution in [1.82, 2.24) is 25.6 Å². The molecule has 1 aromatic carbocycles. The number of carbonyl (C=O) groups excluding carboxylic acids is 1. The van der Waals surface area contributed by atoms with Gasteiger partial charge in [-0.05, 0) is 32.9 Å². The Kier molecular flexibility index (Phi) is 6.35. The van der Waals surface area contributed by atoms with E-state index in [1.165, 1.54) is 0 Å². The van der Waals surface area contributed by atoms with Gasteiger partial charge in [0.1, 0.15) is 17.2 Å². The van der Waals surface area contributed by atoms with Crippen LogP contribution >= 0.6 is 0 Å². The minimum absolute atomic E-state index is 0.231. The molecule has 1 aliphatic heterocycles. The zero-order chi connectivity index (χ0) is 20.1. The standard InChI is InChI=1S/C19H27N5O4/c1-12-18(22-23-24(12)13-5-7-20-8-6-13)19(25)21-11-15-16(27-3)9-14(26-2)10-17(15)28-4/h9-10,13,20H,5-8,11H2,1-4H3,(H,21,25). The van der Waals surface area contributed by atoms with E-state index in [-0.39, 0.29) is 18.5 Å². The summed E-state index contributed by atoms with van der Waals surface area (Å²) in [7, 11) is 4.70. The number of carbonyl (C=O) groups is 1. The fourth-order valence-corrected chi connectivity index (χ4v) is 3.45. The van der Waals surface area contributed by atoms with Crippen LogP contribution in [0.1, 0.15) is 40.6 Å². The first kappa shape index (κ1) is 19.9. The average Bonchev–Trinajstić information content (AvgIpc) is 3.13. The lowest BCUT2D eigenvalue weighted by Gasteiger charge is -2.23. The number of hydrogen-bond acceptors (Lipinski definition) is 7. The maximum Gasteiger partial charge on any atom is 0.274 e. The van der Waals surface area contributed by atoms with Crippen LogP contribution in [0.5, 0.6) is 17.2 Å². The summed E-state index contributed by atoms with van der Waals surface area (Å²) < 4.78 is 18.0. The van der Waals surface area contributed by atoms with Crippen LogP contribution in [0.15, 0.2) is 12.1 Å². The predicted octanol–water partition coefficient (Wildman–Crippen LogP) is 1.47. The third-order valence-corrected chi connectivity index (χ3v) is 5.04. The Labute approximate surface area is 164 Å². The van der Waals surface area contributed by atoms with Crippen molar-refractivity contribution in [1.29, 1.82) is 0 Å². The van der Waals surface area contributed by atoms with Crippen molar-refractivity contribution in [3.63, 3.8) is 0 Å². The fourth-order valence-electron chi connectivity index (χ4n) is 3.45. The summed E-state index contributed by atoms with van der Waals surface area (Å²) in [5.74, 6) is 1.49. The molecule has 28 heavy (non-hydrogen) atoms. The number of rotatable bonds is 7. The minimum Gasteiger partial charge on any atom is -0.496 e. The molecule has 0 atom stereocenters. The van der Waals surface area contributed by atoms with Crippen LogP contribution in [0, 0.1) is 6.92 Å². The highest BCUT2D eigenvalue weighted by Gasteiger charge is 2.23. The van der Waals surface area contributed by atoms with E-state index in [2.05, 4.69) is 20.9 Å². The van der Waals surface area contributed by atoms with Gasteiger partial charge in [-0.1, -0.05) is 5.21 Å². The Balaban J connectivity index is 1.75. The van der Waals surface area contributed by atoms with Gasteiger partial charge < -0.3 is 24.8 Å². The zero-order valence-corrected chi connectivity index (χ0v) is 16.7. The normalized spacial score (nSPS) is 14.6. The molecule has 0 spiro atoms. The van der Waals surface area contributed by atoms with Gasteiger partial charge in [-0.15, -0.1) is 5.10 Å². The number of nitrogens with one attached hydrogen (secondary N) is 2. The van der Waals surface area contributed by atoms with Gasteiger partial charge in [-0.25, -0.2) is 4.68 Å². The molecular weight excluding hydrogens is 362 g/mol. The highest BCUT2D eigenvalue weighted by molar-refractivity contribution is 5.93. The first-order valence-electron chi connectivity index (χ1n) is 9.28. The number of methoxy groups -OCH3 is 3. The van der Waals surface area contributed by atoms with E-state index >= 15 is 0 Å². The molecule has 1 amide bonds. The van der Waals surface area contributed by atoms with Crippen LogP contribution in [-0.4, -0.2) is 55.3 Å². The molecule has 0 bridgehead atoms. The van der Waals surface area contributed by atoms with Crippen molar-refractivity contribution in [2.75, 3.05) is 34.4 Å². The molecule has 0 saturated carbocycles. The van der Waals surface area contributed by atoms with Crippen molar-refractivity contribution in [3.8, 4) is 17.2 Å². The molecule has 2 heterocycles. The lowest BCUT2D eigenvalue weighted by molar-refractivity contribution is 0.0944. The molecule has 0 aliphatic carbocycles. The van der Waals surface area contributed by atoms with Crippen LogP contribution in [0.3, 0.4) is 0 Å². The van der Waals surface area contributed by atoms with Gasteiger partial charge in [0.2, 0.25) is 0 Å². The van der Waals surface area contributed by atoms with Crippen LogP contribution < -0.4 is 24.8 Å². The molecule has 1 aliphatic rings. The first-order chi connectivity index (χ1) is 13.6. The molecule has 152 valence electrons. The third-order valence-electron chi connectivity index (χ3n) is 5.04. The molecule has 2 N–H and O–H groups in total. The van der Waals surface area contributed by atoms with E-state index in [0.717, 1.165) is 37.2 Å². The second kappa shape index (κ2) is 8.92. The van der Waals surface area contributed by atoms with Crippen LogP contribution in [-0.2, 0) is 6.54 Å². The molecule has 2 aromatic rings. The number of aromatic nitrogens is 3. The molecule has 1 aromatic heterocycles. The van der Waals surface area contributed by atoms with E-state index in [9.17, 15) is 4.79 Å². The zero-order valence-electron chi connectivity index (χ0n) is 16.7. The summed E-state index contributed by atoms with van der Waals surface area (Å²) >= 11 is 0. The number of amides is 1. The first-order valence-corrected chi connectivity index (χ1v) is 9.28. The predicted molar refractivity (Wildman–Crippen MR) is 103 cm³/mol. The number of ether oxygens (including phenoxy) is 3. The molecule has 3 rings (SSSR count). The quantitative estimate of drug-likeness (QED) is 0.740. The van der Waals surface area contributed by atoms with E-state index in [0.29, 0.717) is 22.9 Å². The largest absolute Gasteiger partial charge is 0.496 e. The number of benzene rings is 1. The highest BCUT2D eigenvalue weighted by Crippen LogP contribution is 2.34. The second-order valence-electron chi connectivity index (χ2n) is 6.64. The van der Waals surface area contributed by atoms with Gasteiger partial charge in [-0.2, -0.15) is 0 Å². The van der Waals surface area contributed by atoms with E-state index in [4.69, 9.17) is 14.2 Å². The maximum absolute atomic E-state index is 12.7. The summed E-state index contributed by atoms with van der Waals surface area (Å²) in [6, 6.07) is 3.78.